The second-order valence-electron chi connectivity index (χ2n) is 8.52. The van der Waals surface area contributed by atoms with E-state index in [1.807, 2.05) is 35.2 Å². The Balaban J connectivity index is 1.46. The molecule has 32 heavy (non-hydrogen) atoms. The van der Waals surface area contributed by atoms with Crippen LogP contribution < -0.4 is 0 Å². The molecule has 1 aliphatic carbocycles. The summed E-state index contributed by atoms with van der Waals surface area (Å²) < 4.78 is 5.59. The van der Waals surface area contributed by atoms with Crippen molar-refractivity contribution in [2.45, 2.75) is 45.1 Å². The number of para-hydroxylation sites is 1. The van der Waals surface area contributed by atoms with Crippen molar-refractivity contribution in [3.63, 3.8) is 0 Å². The lowest BCUT2D eigenvalue weighted by Gasteiger charge is -2.33. The molecule has 0 spiro atoms. The fraction of sp³-hybridized carbons (Fsp3) is 0.346. The third kappa shape index (κ3) is 3.95. The topological polar surface area (TPSA) is 59.5 Å². The van der Waals surface area contributed by atoms with Crippen molar-refractivity contribution in [3.8, 4) is 0 Å². The van der Waals surface area contributed by atoms with E-state index in [0.717, 1.165) is 66.4 Å². The smallest absolute Gasteiger partial charge is 0.339 e. The number of allylic oxidation sites excluding steroid dienone is 1. The molecule has 2 aromatic heterocycles. The highest BCUT2D eigenvalue weighted by Crippen LogP contribution is 2.38. The fourth-order valence-corrected chi connectivity index (χ4v) is 5.49. The highest BCUT2D eigenvalue weighted by Gasteiger charge is 2.29. The minimum Gasteiger partial charge on any atom is -0.452 e. The summed E-state index contributed by atoms with van der Waals surface area (Å²) in [5, 5.41) is 2.84. The first kappa shape index (κ1) is 20.9. The van der Waals surface area contributed by atoms with E-state index in [9.17, 15) is 9.59 Å². The van der Waals surface area contributed by atoms with Gasteiger partial charge in [-0.3, -0.25) is 4.79 Å². The largest absolute Gasteiger partial charge is 0.452 e. The first-order valence-electron chi connectivity index (χ1n) is 11.2. The molecule has 0 N–H and O–H groups in total. The van der Waals surface area contributed by atoms with Gasteiger partial charge in [0.15, 0.2) is 6.61 Å². The van der Waals surface area contributed by atoms with Gasteiger partial charge < -0.3 is 9.64 Å². The quantitative estimate of drug-likeness (QED) is 0.508. The number of fused-ring (bicyclic) bond motifs is 2. The van der Waals surface area contributed by atoms with Crippen LogP contribution in [0, 0.1) is 0 Å². The molecule has 5 nitrogen and oxygen atoms in total. The summed E-state index contributed by atoms with van der Waals surface area (Å²) in [4.78, 5) is 33.9. The van der Waals surface area contributed by atoms with E-state index in [4.69, 9.17) is 9.72 Å². The third-order valence-corrected chi connectivity index (χ3v) is 7.27. The van der Waals surface area contributed by atoms with Gasteiger partial charge in [0.2, 0.25) is 0 Å². The second-order valence-corrected chi connectivity index (χ2v) is 9.50. The normalized spacial score (nSPS) is 19.3. The summed E-state index contributed by atoms with van der Waals surface area (Å²) in [5.41, 5.74) is 4.27. The zero-order valence-corrected chi connectivity index (χ0v) is 19.0. The Morgan fingerprint density at radius 1 is 1.19 bits per heavy atom. The number of carbonyl (C=O) groups excluding carboxylic acids is 2. The molecule has 1 aliphatic heterocycles. The van der Waals surface area contributed by atoms with E-state index in [-0.39, 0.29) is 18.6 Å². The Morgan fingerprint density at radius 3 is 2.88 bits per heavy atom. The van der Waals surface area contributed by atoms with Gasteiger partial charge in [0.25, 0.3) is 5.91 Å². The summed E-state index contributed by atoms with van der Waals surface area (Å²) in [6.07, 6.45) is 6.89. The average molecular weight is 447 g/mol. The molecule has 1 fully saturated rings. The maximum Gasteiger partial charge on any atom is 0.339 e. The van der Waals surface area contributed by atoms with Crippen molar-refractivity contribution in [2.75, 3.05) is 13.2 Å². The number of pyridine rings is 1. The Kier molecular flexibility index (Phi) is 5.79. The van der Waals surface area contributed by atoms with E-state index >= 15 is 0 Å². The van der Waals surface area contributed by atoms with Crippen LogP contribution in [0.5, 0.6) is 0 Å². The molecule has 0 unspecified atom stereocenters. The van der Waals surface area contributed by atoms with Crippen LogP contribution in [0.2, 0.25) is 0 Å². The molecule has 0 bridgehead atoms. The Labute approximate surface area is 191 Å². The molecule has 3 aromatic rings. The van der Waals surface area contributed by atoms with E-state index in [1.54, 1.807) is 11.3 Å². The molecule has 3 heterocycles. The third-order valence-electron chi connectivity index (χ3n) is 6.46. The number of likely N-dealkylation sites (tertiary alicyclic amines) is 1. The van der Waals surface area contributed by atoms with Crippen LogP contribution in [-0.4, -0.2) is 41.0 Å². The highest BCUT2D eigenvalue weighted by atomic mass is 32.1. The summed E-state index contributed by atoms with van der Waals surface area (Å²) in [7, 11) is 0. The molecular formula is C26H26N2O3S. The molecule has 1 amide bonds. The number of ether oxygens (including phenoxy) is 1. The van der Waals surface area contributed by atoms with Crippen LogP contribution in [0.4, 0.5) is 0 Å². The monoisotopic (exact) mass is 446 g/mol. The van der Waals surface area contributed by atoms with Gasteiger partial charge in [0.05, 0.1) is 16.8 Å². The fourth-order valence-electron chi connectivity index (χ4n) is 4.81. The predicted molar refractivity (Wildman–Crippen MR) is 128 cm³/mol. The minimum atomic E-state index is -0.435. The molecule has 2 aliphatic rings. The number of esters is 1. The Bertz CT molecular complexity index is 1200. The molecule has 164 valence electrons. The molecule has 1 aromatic carbocycles. The van der Waals surface area contributed by atoms with Gasteiger partial charge in [-0.1, -0.05) is 24.3 Å². The van der Waals surface area contributed by atoms with Crippen molar-refractivity contribution < 1.29 is 14.3 Å². The summed E-state index contributed by atoms with van der Waals surface area (Å²) in [6, 6.07) is 12.0. The Morgan fingerprint density at radius 2 is 2.06 bits per heavy atom. The lowest BCUT2D eigenvalue weighted by molar-refractivity contribution is -0.137. The number of aromatic nitrogens is 1. The number of thiophene rings is 1. The number of rotatable bonds is 4. The standard InChI is InChI=1S/C26H26N2O3S/c1-17-7-4-5-13-28(17)23(29)16-31-26(30)24-20-9-2-3-10-22(20)27-25-18(11-12-21(24)25)15-19-8-6-14-32-19/h2-3,6,8-10,14-15,17H,4-5,7,11-13,16H2,1H3/b18-15+/t17-/m0/s1. The lowest BCUT2D eigenvalue weighted by Crippen LogP contribution is -2.44. The molecule has 1 saturated heterocycles. The number of piperidine rings is 1. The van der Waals surface area contributed by atoms with Gasteiger partial charge >= 0.3 is 5.97 Å². The van der Waals surface area contributed by atoms with E-state index in [2.05, 4.69) is 24.4 Å². The van der Waals surface area contributed by atoms with Crippen molar-refractivity contribution in [1.82, 2.24) is 9.88 Å². The van der Waals surface area contributed by atoms with Crippen molar-refractivity contribution in [3.05, 3.63) is 63.5 Å². The molecular weight excluding hydrogens is 420 g/mol. The SMILES string of the molecule is C[C@H]1CCCCN1C(=O)COC(=O)c1c2c(nc3ccccc13)/C(=C/c1cccs1)CC2. The van der Waals surface area contributed by atoms with Crippen LogP contribution in [0.3, 0.4) is 0 Å². The van der Waals surface area contributed by atoms with Gasteiger partial charge in [0.1, 0.15) is 0 Å². The maximum atomic E-state index is 13.3. The zero-order valence-electron chi connectivity index (χ0n) is 18.2. The molecule has 0 radical (unpaired) electrons. The highest BCUT2D eigenvalue weighted by molar-refractivity contribution is 7.10. The molecule has 5 rings (SSSR count). The first-order chi connectivity index (χ1) is 15.6. The minimum absolute atomic E-state index is 0.112. The van der Waals surface area contributed by atoms with Gasteiger partial charge in [0, 0.05) is 22.8 Å². The van der Waals surface area contributed by atoms with Crippen LogP contribution in [0.1, 0.15) is 59.1 Å². The number of amides is 1. The predicted octanol–water partition coefficient (Wildman–Crippen LogP) is 5.34. The van der Waals surface area contributed by atoms with Crippen LogP contribution >= 0.6 is 11.3 Å². The molecule has 0 saturated carbocycles. The van der Waals surface area contributed by atoms with Crippen LogP contribution in [0.25, 0.3) is 22.6 Å². The van der Waals surface area contributed by atoms with Crippen molar-refractivity contribution in [1.29, 1.82) is 0 Å². The first-order valence-corrected chi connectivity index (χ1v) is 12.1. The number of hydrogen-bond donors (Lipinski definition) is 0. The second kappa shape index (κ2) is 8.87. The average Bonchev–Trinajstić information content (AvgIpc) is 3.46. The van der Waals surface area contributed by atoms with Crippen molar-refractivity contribution in [2.24, 2.45) is 0 Å². The lowest BCUT2D eigenvalue weighted by atomic mass is 10.0. The van der Waals surface area contributed by atoms with E-state index in [0.29, 0.717) is 5.56 Å². The zero-order chi connectivity index (χ0) is 22.1. The van der Waals surface area contributed by atoms with Crippen LogP contribution in [-0.2, 0) is 16.0 Å². The van der Waals surface area contributed by atoms with Gasteiger partial charge in [-0.15, -0.1) is 11.3 Å². The Hall–Kier alpha value is -2.99. The maximum absolute atomic E-state index is 13.3. The molecule has 1 atom stereocenters. The van der Waals surface area contributed by atoms with E-state index < -0.39 is 5.97 Å². The van der Waals surface area contributed by atoms with Gasteiger partial charge in [-0.05, 0) is 73.8 Å². The van der Waals surface area contributed by atoms with Crippen molar-refractivity contribution >= 4 is 45.8 Å². The number of benzene rings is 1. The van der Waals surface area contributed by atoms with Gasteiger partial charge in [-0.25, -0.2) is 9.78 Å². The summed E-state index contributed by atoms with van der Waals surface area (Å²) in [5.74, 6) is -0.547. The number of carbonyl (C=O) groups is 2. The van der Waals surface area contributed by atoms with E-state index in [1.165, 1.54) is 4.88 Å². The number of hydrogen-bond acceptors (Lipinski definition) is 5. The summed E-state index contributed by atoms with van der Waals surface area (Å²) >= 11 is 1.69. The van der Waals surface area contributed by atoms with Crippen LogP contribution in [0.15, 0.2) is 41.8 Å². The summed E-state index contributed by atoms with van der Waals surface area (Å²) in [6.45, 7) is 2.58. The number of nitrogens with zero attached hydrogens (tertiary/aromatic N) is 2. The molecule has 6 heteroatoms. The van der Waals surface area contributed by atoms with Gasteiger partial charge in [-0.2, -0.15) is 0 Å².